The van der Waals surface area contributed by atoms with Crippen LogP contribution in [-0.2, 0) is 30.3 Å². The van der Waals surface area contributed by atoms with Gasteiger partial charge >= 0.3 is 6.09 Å². The minimum Gasteiger partial charge on any atom is -0.449 e. The highest BCUT2D eigenvalue weighted by molar-refractivity contribution is 5.95. The lowest BCUT2D eigenvalue weighted by molar-refractivity contribution is -0.134. The zero-order chi connectivity index (χ0) is 35.7. The Balaban J connectivity index is 1.43. The molecule has 260 valence electrons. The topological polar surface area (TPSA) is 169 Å². The Bertz CT molecular complexity index is 1600. The fraction of sp³-hybridized carbons (Fsp3) is 0.395. The molecule has 0 spiro atoms. The zero-order valence-electron chi connectivity index (χ0n) is 28.7. The number of nitrogens with two attached hydrogens (primary N) is 1. The predicted octanol–water partition coefficient (Wildman–Crippen LogP) is 3.80. The average molecular weight is 670 g/mol. The van der Waals surface area contributed by atoms with E-state index in [0.717, 1.165) is 27.8 Å². The number of carbonyl (C=O) groups excluding carboxylic acids is 5. The van der Waals surface area contributed by atoms with Crippen LogP contribution in [0.4, 0.5) is 4.79 Å². The number of ether oxygens (including phenoxy) is 1. The van der Waals surface area contributed by atoms with E-state index in [-0.39, 0.29) is 30.8 Å². The van der Waals surface area contributed by atoms with Gasteiger partial charge in [-0.15, -0.1) is 0 Å². The van der Waals surface area contributed by atoms with Crippen LogP contribution in [0.1, 0.15) is 63.6 Å². The van der Waals surface area contributed by atoms with Gasteiger partial charge in [0.1, 0.15) is 30.8 Å². The standard InChI is InChI=1S/C38H47N5O6/c1-22(2)19-31(34(39)44)41-35(45)24(5)40-37(47)33(23(3)4)43-36(46)32(20-25-13-7-6-8-14-25)42-38(48)49-21-30-28-17-11-9-15-26(28)27-16-10-12-18-29(27)30/h6-18,22-24,30-33H,19-21H2,1-5H3,(H2,39,44)(H,40,47)(H,41,45)(H,42,48)(H,43,46)/t24-,31-,32-,33-/m0/s1. The molecule has 1 aliphatic carbocycles. The van der Waals surface area contributed by atoms with Crippen molar-refractivity contribution in [1.82, 2.24) is 21.3 Å². The third-order valence-corrected chi connectivity index (χ3v) is 8.60. The lowest BCUT2D eigenvalue weighted by atomic mass is 9.98. The van der Waals surface area contributed by atoms with E-state index >= 15 is 0 Å². The summed E-state index contributed by atoms with van der Waals surface area (Å²) in [6.45, 7) is 8.87. The molecule has 6 N–H and O–H groups in total. The minimum absolute atomic E-state index is 0.0737. The number of benzene rings is 3. The molecule has 0 saturated carbocycles. The van der Waals surface area contributed by atoms with Gasteiger partial charge in [0.15, 0.2) is 0 Å². The number of hydrogen-bond donors (Lipinski definition) is 5. The van der Waals surface area contributed by atoms with Gasteiger partial charge in [0, 0.05) is 12.3 Å². The summed E-state index contributed by atoms with van der Waals surface area (Å²) in [6, 6.07) is 21.2. The molecule has 0 fully saturated rings. The van der Waals surface area contributed by atoms with E-state index < -0.39 is 53.9 Å². The normalized spacial score (nSPS) is 14.5. The van der Waals surface area contributed by atoms with Gasteiger partial charge in [-0.1, -0.05) is 107 Å². The van der Waals surface area contributed by atoms with Crippen LogP contribution in [-0.4, -0.2) is 60.5 Å². The third kappa shape index (κ3) is 9.68. The van der Waals surface area contributed by atoms with E-state index in [1.165, 1.54) is 6.92 Å². The summed E-state index contributed by atoms with van der Waals surface area (Å²) in [5.41, 5.74) is 10.6. The highest BCUT2D eigenvalue weighted by Crippen LogP contribution is 2.44. The molecule has 4 rings (SSSR count). The Morgan fingerprint density at radius 2 is 1.24 bits per heavy atom. The number of amides is 5. The van der Waals surface area contributed by atoms with E-state index in [4.69, 9.17) is 10.5 Å². The summed E-state index contributed by atoms with van der Waals surface area (Å²) < 4.78 is 5.72. The summed E-state index contributed by atoms with van der Waals surface area (Å²) in [4.78, 5) is 65.0. The van der Waals surface area contributed by atoms with Gasteiger partial charge in [-0.2, -0.15) is 0 Å². The van der Waals surface area contributed by atoms with Crippen molar-refractivity contribution in [2.45, 2.75) is 77.5 Å². The quantitative estimate of drug-likeness (QED) is 0.165. The monoisotopic (exact) mass is 669 g/mol. The van der Waals surface area contributed by atoms with Crippen molar-refractivity contribution in [2.75, 3.05) is 6.61 Å². The van der Waals surface area contributed by atoms with Crippen LogP contribution in [0.5, 0.6) is 0 Å². The largest absolute Gasteiger partial charge is 0.449 e. The van der Waals surface area contributed by atoms with Gasteiger partial charge < -0.3 is 31.7 Å². The summed E-state index contributed by atoms with van der Waals surface area (Å²) in [5, 5.41) is 10.7. The lowest BCUT2D eigenvalue weighted by Gasteiger charge is -2.27. The van der Waals surface area contributed by atoms with E-state index in [1.54, 1.807) is 13.8 Å². The number of nitrogens with one attached hydrogen (secondary N) is 4. The molecule has 49 heavy (non-hydrogen) atoms. The van der Waals surface area contributed by atoms with Crippen LogP contribution in [0, 0.1) is 11.8 Å². The molecule has 5 amide bonds. The van der Waals surface area contributed by atoms with Crippen molar-refractivity contribution < 1.29 is 28.7 Å². The first-order valence-corrected chi connectivity index (χ1v) is 16.7. The van der Waals surface area contributed by atoms with Crippen molar-refractivity contribution in [3.8, 4) is 11.1 Å². The van der Waals surface area contributed by atoms with Crippen LogP contribution < -0.4 is 27.0 Å². The Kier molecular flexibility index (Phi) is 12.5. The Hall–Kier alpha value is -5.19. The predicted molar refractivity (Wildman–Crippen MR) is 187 cm³/mol. The van der Waals surface area contributed by atoms with Gasteiger partial charge in [-0.3, -0.25) is 19.2 Å². The first-order chi connectivity index (χ1) is 23.3. The molecule has 0 aliphatic heterocycles. The van der Waals surface area contributed by atoms with Crippen LogP contribution in [0.3, 0.4) is 0 Å². The Morgan fingerprint density at radius 3 is 1.80 bits per heavy atom. The van der Waals surface area contributed by atoms with E-state index in [1.807, 2.05) is 92.7 Å². The van der Waals surface area contributed by atoms with Gasteiger partial charge in [0.2, 0.25) is 23.6 Å². The fourth-order valence-electron chi connectivity index (χ4n) is 6.01. The smallest absolute Gasteiger partial charge is 0.407 e. The molecule has 11 heteroatoms. The number of carbonyl (C=O) groups is 5. The molecule has 3 aromatic carbocycles. The average Bonchev–Trinajstić information content (AvgIpc) is 3.38. The highest BCUT2D eigenvalue weighted by atomic mass is 16.5. The molecule has 0 bridgehead atoms. The molecular formula is C38H47N5O6. The maximum absolute atomic E-state index is 13.7. The molecule has 4 atom stereocenters. The van der Waals surface area contributed by atoms with Gasteiger partial charge in [0.05, 0.1) is 0 Å². The van der Waals surface area contributed by atoms with Gasteiger partial charge in [-0.25, -0.2) is 4.79 Å². The van der Waals surface area contributed by atoms with E-state index in [9.17, 15) is 24.0 Å². The van der Waals surface area contributed by atoms with Crippen LogP contribution in [0.25, 0.3) is 11.1 Å². The molecule has 1 aliphatic rings. The van der Waals surface area contributed by atoms with Crippen molar-refractivity contribution in [3.05, 3.63) is 95.6 Å². The zero-order valence-corrected chi connectivity index (χ0v) is 28.7. The summed E-state index contributed by atoms with van der Waals surface area (Å²) >= 11 is 0. The second-order valence-electron chi connectivity index (χ2n) is 13.3. The van der Waals surface area contributed by atoms with E-state index in [0.29, 0.717) is 6.42 Å². The molecule has 0 radical (unpaired) electrons. The first-order valence-electron chi connectivity index (χ1n) is 16.7. The first kappa shape index (κ1) is 36.6. The minimum atomic E-state index is -1.07. The maximum atomic E-state index is 13.7. The SMILES string of the molecule is CC(C)C[C@H](NC(=O)[C@H](C)NC(=O)[C@@H](NC(=O)[C@H](Cc1ccccc1)NC(=O)OCC1c2ccccc2-c2ccccc21)C(C)C)C(N)=O. The summed E-state index contributed by atoms with van der Waals surface area (Å²) in [7, 11) is 0. The molecule has 0 heterocycles. The second-order valence-corrected chi connectivity index (χ2v) is 13.3. The summed E-state index contributed by atoms with van der Waals surface area (Å²) in [6.07, 6.45) is -0.266. The lowest BCUT2D eigenvalue weighted by Crippen LogP contribution is -2.59. The number of rotatable bonds is 15. The van der Waals surface area contributed by atoms with Crippen molar-refractivity contribution in [3.63, 3.8) is 0 Å². The van der Waals surface area contributed by atoms with Gasteiger partial charge in [-0.05, 0) is 53.0 Å². The number of alkyl carbamates (subject to hydrolysis) is 1. The fourth-order valence-corrected chi connectivity index (χ4v) is 6.01. The van der Waals surface area contributed by atoms with Crippen LogP contribution in [0.2, 0.25) is 0 Å². The Labute approximate surface area is 287 Å². The molecule has 11 nitrogen and oxygen atoms in total. The molecule has 0 aromatic heterocycles. The van der Waals surface area contributed by atoms with Crippen LogP contribution >= 0.6 is 0 Å². The second kappa shape index (κ2) is 16.8. The van der Waals surface area contributed by atoms with E-state index in [2.05, 4.69) is 21.3 Å². The molecular weight excluding hydrogens is 622 g/mol. The number of fused-ring (bicyclic) bond motifs is 3. The third-order valence-electron chi connectivity index (χ3n) is 8.60. The van der Waals surface area contributed by atoms with Crippen LogP contribution in [0.15, 0.2) is 78.9 Å². The van der Waals surface area contributed by atoms with Crippen molar-refractivity contribution >= 4 is 29.7 Å². The summed E-state index contributed by atoms with van der Waals surface area (Å²) in [5.74, 6) is -2.85. The van der Waals surface area contributed by atoms with Crippen molar-refractivity contribution in [2.24, 2.45) is 17.6 Å². The molecule has 0 saturated heterocycles. The maximum Gasteiger partial charge on any atom is 0.407 e. The van der Waals surface area contributed by atoms with Crippen molar-refractivity contribution in [1.29, 1.82) is 0 Å². The Morgan fingerprint density at radius 1 is 0.673 bits per heavy atom. The molecule has 3 aromatic rings. The number of hydrogen-bond acceptors (Lipinski definition) is 6. The highest BCUT2D eigenvalue weighted by Gasteiger charge is 2.33. The van der Waals surface area contributed by atoms with Gasteiger partial charge in [0.25, 0.3) is 0 Å². The molecule has 0 unspecified atom stereocenters. The number of primary amides is 1.